The molecule has 0 saturated carbocycles. The van der Waals surface area contributed by atoms with Crippen LogP contribution in [0.3, 0.4) is 0 Å². The van der Waals surface area contributed by atoms with E-state index in [0.29, 0.717) is 0 Å². The quantitative estimate of drug-likeness (QED) is 0.171. The molecule has 0 spiro atoms. The van der Waals surface area contributed by atoms with Crippen molar-refractivity contribution in [3.8, 4) is 39.3 Å². The van der Waals surface area contributed by atoms with Crippen LogP contribution in [-0.4, -0.2) is 14.5 Å². The molecule has 4 heterocycles. The predicted octanol–water partition coefficient (Wildman–Crippen LogP) is 13.7. The summed E-state index contributed by atoms with van der Waals surface area (Å²) in [7, 11) is 0. The van der Waals surface area contributed by atoms with E-state index < -0.39 is 0 Å². The van der Waals surface area contributed by atoms with E-state index in [2.05, 4.69) is 167 Å². The largest absolute Gasteiger partial charge is 0.310 e. The van der Waals surface area contributed by atoms with Crippen molar-refractivity contribution >= 4 is 61.4 Å². The molecular formula is C50H32N4S. The fourth-order valence-electron chi connectivity index (χ4n) is 8.16. The van der Waals surface area contributed by atoms with Crippen molar-refractivity contribution in [2.75, 3.05) is 4.90 Å². The second kappa shape index (κ2) is 12.9. The summed E-state index contributed by atoms with van der Waals surface area (Å²) in [4.78, 5) is 14.2. The van der Waals surface area contributed by atoms with Gasteiger partial charge >= 0.3 is 0 Å². The van der Waals surface area contributed by atoms with Crippen molar-refractivity contribution in [1.82, 2.24) is 14.5 Å². The summed E-state index contributed by atoms with van der Waals surface area (Å²) in [5.74, 6) is 0. The molecule has 1 aliphatic heterocycles. The van der Waals surface area contributed by atoms with E-state index in [0.717, 1.165) is 50.7 Å². The van der Waals surface area contributed by atoms with Crippen molar-refractivity contribution < 1.29 is 0 Å². The summed E-state index contributed by atoms with van der Waals surface area (Å²) in [6.45, 7) is 0. The van der Waals surface area contributed by atoms with Gasteiger partial charge in [0.15, 0.2) is 0 Å². The summed E-state index contributed by atoms with van der Waals surface area (Å²) >= 11 is 1.86. The van der Waals surface area contributed by atoms with Crippen molar-refractivity contribution in [3.63, 3.8) is 0 Å². The average Bonchev–Trinajstić information content (AvgIpc) is 3.60. The maximum atomic E-state index is 4.71. The molecule has 10 aromatic rings. The Labute approximate surface area is 323 Å². The number of pyridine rings is 2. The molecule has 0 N–H and O–H groups in total. The third kappa shape index (κ3) is 5.31. The molecule has 258 valence electrons. The highest BCUT2D eigenvalue weighted by Gasteiger charge is 2.27. The molecule has 4 nitrogen and oxygen atoms in total. The molecule has 0 atom stereocenters. The van der Waals surface area contributed by atoms with Crippen LogP contribution in [0, 0.1) is 0 Å². The Morgan fingerprint density at radius 3 is 1.75 bits per heavy atom. The first-order valence-electron chi connectivity index (χ1n) is 18.5. The minimum atomic E-state index is 0.935. The first-order valence-corrected chi connectivity index (χ1v) is 19.3. The Bertz CT molecular complexity index is 2950. The minimum absolute atomic E-state index is 0.935. The van der Waals surface area contributed by atoms with Crippen molar-refractivity contribution in [2.24, 2.45) is 0 Å². The molecule has 3 aromatic heterocycles. The topological polar surface area (TPSA) is 34.0 Å². The normalized spacial score (nSPS) is 11.9. The van der Waals surface area contributed by atoms with E-state index in [9.17, 15) is 0 Å². The third-order valence-electron chi connectivity index (χ3n) is 10.6. The van der Waals surface area contributed by atoms with Gasteiger partial charge in [-0.05, 0) is 119 Å². The highest BCUT2D eigenvalue weighted by Crippen LogP contribution is 2.51. The number of para-hydroxylation sites is 2. The molecule has 5 heteroatoms. The van der Waals surface area contributed by atoms with E-state index in [1.807, 2.05) is 48.4 Å². The standard InChI is InChI=1S/C50H32N4S/c1-3-14-38(15-4-1)53(39-16-5-2-6-17-39)40-31-42-49-41-18-8-7-13-33(41)21-24-46(49)54-45-23-22-34(30-47(45)55-48(32-40)50(42)54)35-27-36(43-19-9-11-25-51-43)29-37(28-35)44-20-10-12-26-52-44/h1-32H. The van der Waals surface area contributed by atoms with Crippen LogP contribution in [0.4, 0.5) is 17.1 Å². The summed E-state index contributed by atoms with van der Waals surface area (Å²) < 4.78 is 2.49. The molecular weight excluding hydrogens is 689 g/mol. The van der Waals surface area contributed by atoms with Gasteiger partial charge in [-0.1, -0.05) is 96.7 Å². The van der Waals surface area contributed by atoms with E-state index in [1.165, 1.54) is 48.1 Å². The first-order chi connectivity index (χ1) is 27.3. The number of nitrogens with zero attached hydrogens (tertiary/aromatic N) is 4. The summed E-state index contributed by atoms with van der Waals surface area (Å²) in [5.41, 5.74) is 13.3. The predicted molar refractivity (Wildman–Crippen MR) is 229 cm³/mol. The maximum Gasteiger partial charge on any atom is 0.0702 e. The molecule has 0 aliphatic carbocycles. The molecule has 7 aromatic carbocycles. The number of anilines is 3. The smallest absolute Gasteiger partial charge is 0.0702 e. The molecule has 0 fully saturated rings. The van der Waals surface area contributed by atoms with Crippen LogP contribution < -0.4 is 4.90 Å². The second-order valence-corrected chi connectivity index (χ2v) is 15.0. The highest BCUT2D eigenvalue weighted by atomic mass is 32.2. The van der Waals surface area contributed by atoms with Crippen molar-refractivity contribution in [1.29, 1.82) is 0 Å². The van der Waals surface area contributed by atoms with Gasteiger partial charge in [-0.3, -0.25) is 9.97 Å². The van der Waals surface area contributed by atoms with Gasteiger partial charge in [0.25, 0.3) is 0 Å². The average molecular weight is 721 g/mol. The Morgan fingerprint density at radius 1 is 0.436 bits per heavy atom. The molecule has 11 rings (SSSR count). The number of hydrogen-bond acceptors (Lipinski definition) is 4. The lowest BCUT2D eigenvalue weighted by molar-refractivity contribution is 1.09. The molecule has 0 amide bonds. The van der Waals surface area contributed by atoms with Crippen LogP contribution in [0.2, 0.25) is 0 Å². The summed E-state index contributed by atoms with van der Waals surface area (Å²) in [5, 5.41) is 5.03. The zero-order valence-corrected chi connectivity index (χ0v) is 30.5. The molecule has 0 unspecified atom stereocenters. The number of hydrogen-bond donors (Lipinski definition) is 0. The van der Waals surface area contributed by atoms with Gasteiger partial charge in [0.05, 0.1) is 28.1 Å². The zero-order chi connectivity index (χ0) is 36.3. The lowest BCUT2D eigenvalue weighted by Gasteiger charge is -2.27. The van der Waals surface area contributed by atoms with Gasteiger partial charge in [0.2, 0.25) is 0 Å². The maximum absolute atomic E-state index is 4.71. The first kappa shape index (κ1) is 31.6. The zero-order valence-electron chi connectivity index (χ0n) is 29.7. The van der Waals surface area contributed by atoms with E-state index in [4.69, 9.17) is 9.97 Å². The highest BCUT2D eigenvalue weighted by molar-refractivity contribution is 7.99. The Morgan fingerprint density at radius 2 is 1.07 bits per heavy atom. The Hall–Kier alpha value is -6.95. The van der Waals surface area contributed by atoms with Crippen LogP contribution in [-0.2, 0) is 0 Å². The number of aromatic nitrogens is 3. The van der Waals surface area contributed by atoms with Crippen molar-refractivity contribution in [2.45, 2.75) is 9.79 Å². The van der Waals surface area contributed by atoms with Crippen molar-refractivity contribution in [3.05, 3.63) is 194 Å². The number of benzene rings is 7. The Kier molecular flexibility index (Phi) is 7.39. The molecule has 55 heavy (non-hydrogen) atoms. The van der Waals surface area contributed by atoms with Gasteiger partial charge in [-0.15, -0.1) is 0 Å². The van der Waals surface area contributed by atoms with E-state index in [-0.39, 0.29) is 0 Å². The summed E-state index contributed by atoms with van der Waals surface area (Å²) in [6.07, 6.45) is 3.71. The van der Waals surface area contributed by atoms with Crippen LogP contribution in [0.5, 0.6) is 0 Å². The van der Waals surface area contributed by atoms with Crippen LogP contribution in [0.1, 0.15) is 0 Å². The molecule has 0 saturated heterocycles. The lowest BCUT2D eigenvalue weighted by atomic mass is 9.96. The third-order valence-corrected chi connectivity index (χ3v) is 11.7. The number of rotatable bonds is 6. The lowest BCUT2D eigenvalue weighted by Crippen LogP contribution is -2.10. The summed E-state index contributed by atoms with van der Waals surface area (Å²) in [6, 6.07) is 65.2. The molecule has 0 radical (unpaired) electrons. The Balaban J connectivity index is 1.15. The minimum Gasteiger partial charge on any atom is -0.310 e. The molecule has 0 bridgehead atoms. The monoisotopic (exact) mass is 720 g/mol. The van der Waals surface area contributed by atoms with Crippen LogP contribution in [0.15, 0.2) is 204 Å². The molecule has 1 aliphatic rings. The SMILES string of the molecule is c1ccc(N(c2ccccc2)c2cc3c4c(c2)c2c5ccccc5ccc2n4-c2ccc(-c4cc(-c5ccccn5)cc(-c5ccccn5)c4)cc2S3)cc1. The van der Waals surface area contributed by atoms with Crippen LogP contribution >= 0.6 is 11.8 Å². The number of fused-ring (bicyclic) bond motifs is 7. The van der Waals surface area contributed by atoms with Gasteiger partial charge < -0.3 is 9.47 Å². The fraction of sp³-hybridized carbons (Fsp3) is 0. The van der Waals surface area contributed by atoms with Gasteiger partial charge in [-0.2, -0.15) is 0 Å². The second-order valence-electron chi connectivity index (χ2n) is 13.9. The van der Waals surface area contributed by atoms with Crippen LogP contribution in [0.25, 0.3) is 71.9 Å². The van der Waals surface area contributed by atoms with Gasteiger partial charge in [-0.25, -0.2) is 0 Å². The fourth-order valence-corrected chi connectivity index (χ4v) is 9.32. The van der Waals surface area contributed by atoms with E-state index >= 15 is 0 Å². The van der Waals surface area contributed by atoms with E-state index in [1.54, 1.807) is 0 Å². The van der Waals surface area contributed by atoms with Gasteiger partial charge in [0, 0.05) is 61.1 Å². The van der Waals surface area contributed by atoms with Gasteiger partial charge in [0.1, 0.15) is 0 Å².